The molecule has 0 heterocycles. The van der Waals surface area contributed by atoms with E-state index in [0.29, 0.717) is 0 Å². The molecule has 0 spiro atoms. The molecule has 1 amide bonds. The zero-order valence-electron chi connectivity index (χ0n) is 13.4. The predicted molar refractivity (Wildman–Crippen MR) is 83.1 cm³/mol. The van der Waals surface area contributed by atoms with Gasteiger partial charge < -0.3 is 10.6 Å². The SMILES string of the molecule is CC(c1cccc(N)c1)N(C)C(=O)C1C(C)(C)C1(C)C. The Morgan fingerprint density at radius 2 is 1.80 bits per heavy atom. The minimum Gasteiger partial charge on any atom is -0.399 e. The van der Waals surface area contributed by atoms with Gasteiger partial charge in [-0.05, 0) is 35.4 Å². The van der Waals surface area contributed by atoms with Crippen LogP contribution in [0.2, 0.25) is 0 Å². The average Bonchev–Trinajstić information content (AvgIpc) is 2.77. The van der Waals surface area contributed by atoms with E-state index >= 15 is 0 Å². The van der Waals surface area contributed by atoms with E-state index in [2.05, 4.69) is 34.6 Å². The number of nitrogens with zero attached hydrogens (tertiary/aromatic N) is 1. The molecule has 3 heteroatoms. The van der Waals surface area contributed by atoms with E-state index in [4.69, 9.17) is 5.73 Å². The molecular formula is C17H26N2O. The van der Waals surface area contributed by atoms with Gasteiger partial charge in [-0.3, -0.25) is 4.79 Å². The molecule has 110 valence electrons. The van der Waals surface area contributed by atoms with E-state index < -0.39 is 0 Å². The molecule has 1 aromatic rings. The van der Waals surface area contributed by atoms with E-state index in [9.17, 15) is 4.79 Å². The summed E-state index contributed by atoms with van der Waals surface area (Å²) in [5.74, 6) is 0.332. The topological polar surface area (TPSA) is 46.3 Å². The van der Waals surface area contributed by atoms with Gasteiger partial charge in [0.25, 0.3) is 0 Å². The molecule has 3 nitrogen and oxygen atoms in total. The van der Waals surface area contributed by atoms with Crippen LogP contribution in [0.5, 0.6) is 0 Å². The summed E-state index contributed by atoms with van der Waals surface area (Å²) < 4.78 is 0. The Morgan fingerprint density at radius 3 is 2.25 bits per heavy atom. The Bertz CT molecular complexity index is 520. The Kier molecular flexibility index (Phi) is 3.35. The van der Waals surface area contributed by atoms with Gasteiger partial charge in [-0.1, -0.05) is 39.8 Å². The lowest BCUT2D eigenvalue weighted by Crippen LogP contribution is -2.32. The van der Waals surface area contributed by atoms with Gasteiger partial charge in [-0.2, -0.15) is 0 Å². The van der Waals surface area contributed by atoms with Crippen molar-refractivity contribution in [1.82, 2.24) is 4.90 Å². The highest BCUT2D eigenvalue weighted by atomic mass is 16.2. The van der Waals surface area contributed by atoms with Crippen molar-refractivity contribution in [1.29, 1.82) is 0 Å². The minimum atomic E-state index is 0.0400. The predicted octanol–water partition coefficient (Wildman–Crippen LogP) is 3.47. The van der Waals surface area contributed by atoms with Crippen LogP contribution >= 0.6 is 0 Å². The van der Waals surface area contributed by atoms with E-state index in [1.54, 1.807) is 0 Å². The van der Waals surface area contributed by atoms with Crippen LogP contribution in [-0.4, -0.2) is 17.9 Å². The van der Waals surface area contributed by atoms with Crippen molar-refractivity contribution in [3.05, 3.63) is 29.8 Å². The van der Waals surface area contributed by atoms with Crippen molar-refractivity contribution in [3.63, 3.8) is 0 Å². The molecule has 0 saturated heterocycles. The van der Waals surface area contributed by atoms with Crippen LogP contribution in [0.25, 0.3) is 0 Å². The highest BCUT2D eigenvalue weighted by Crippen LogP contribution is 2.68. The fourth-order valence-electron chi connectivity index (χ4n) is 3.25. The van der Waals surface area contributed by atoms with Crippen LogP contribution in [0.1, 0.15) is 46.2 Å². The van der Waals surface area contributed by atoms with Crippen LogP contribution in [0.15, 0.2) is 24.3 Å². The number of carbonyl (C=O) groups is 1. The Hall–Kier alpha value is -1.51. The fourth-order valence-corrected chi connectivity index (χ4v) is 3.25. The quantitative estimate of drug-likeness (QED) is 0.858. The molecule has 1 aromatic carbocycles. The molecule has 2 rings (SSSR count). The third-order valence-corrected chi connectivity index (χ3v) is 5.59. The van der Waals surface area contributed by atoms with Gasteiger partial charge >= 0.3 is 0 Å². The summed E-state index contributed by atoms with van der Waals surface area (Å²) in [4.78, 5) is 14.6. The number of benzene rings is 1. The summed E-state index contributed by atoms with van der Waals surface area (Å²) in [7, 11) is 1.89. The molecule has 0 aromatic heterocycles. The van der Waals surface area contributed by atoms with E-state index in [1.807, 2.05) is 36.2 Å². The first kappa shape index (κ1) is 14.9. The van der Waals surface area contributed by atoms with Crippen molar-refractivity contribution in [2.45, 2.75) is 40.7 Å². The first-order chi connectivity index (χ1) is 9.10. The molecular weight excluding hydrogens is 248 g/mol. The molecule has 20 heavy (non-hydrogen) atoms. The maximum Gasteiger partial charge on any atom is 0.227 e. The third-order valence-electron chi connectivity index (χ3n) is 5.59. The van der Waals surface area contributed by atoms with E-state index in [0.717, 1.165) is 11.3 Å². The van der Waals surface area contributed by atoms with Crippen molar-refractivity contribution in [3.8, 4) is 0 Å². The molecule has 0 radical (unpaired) electrons. The maximum atomic E-state index is 12.7. The molecule has 1 aliphatic carbocycles. The van der Waals surface area contributed by atoms with Gasteiger partial charge in [-0.25, -0.2) is 0 Å². The Balaban J connectivity index is 2.16. The van der Waals surface area contributed by atoms with Crippen LogP contribution in [-0.2, 0) is 4.79 Å². The van der Waals surface area contributed by atoms with Gasteiger partial charge in [-0.15, -0.1) is 0 Å². The van der Waals surface area contributed by atoms with Crippen molar-refractivity contribution >= 4 is 11.6 Å². The molecule has 0 aliphatic heterocycles. The standard InChI is InChI=1S/C17H26N2O/c1-11(12-8-7-9-13(18)10-12)19(6)15(20)14-16(2,3)17(14,4)5/h7-11,14H,18H2,1-6H3. The van der Waals surface area contributed by atoms with E-state index in [1.165, 1.54) is 0 Å². The molecule has 1 unspecified atom stereocenters. The van der Waals surface area contributed by atoms with Gasteiger partial charge in [0.2, 0.25) is 5.91 Å². The van der Waals surface area contributed by atoms with Crippen LogP contribution in [0.3, 0.4) is 0 Å². The second-order valence-electron chi connectivity index (χ2n) is 7.17. The van der Waals surface area contributed by atoms with Gasteiger partial charge in [0.05, 0.1) is 6.04 Å². The normalized spacial score (nSPS) is 21.3. The van der Waals surface area contributed by atoms with Gasteiger partial charge in [0.1, 0.15) is 0 Å². The third kappa shape index (κ3) is 2.09. The molecule has 1 atom stereocenters. The van der Waals surface area contributed by atoms with Crippen molar-refractivity contribution < 1.29 is 4.79 Å². The molecule has 1 saturated carbocycles. The second-order valence-corrected chi connectivity index (χ2v) is 7.17. The van der Waals surface area contributed by atoms with Crippen molar-refractivity contribution in [2.75, 3.05) is 12.8 Å². The summed E-state index contributed by atoms with van der Waals surface area (Å²) in [6.45, 7) is 10.8. The average molecular weight is 274 g/mol. The number of hydrogen-bond acceptors (Lipinski definition) is 2. The molecule has 1 aliphatic rings. The highest BCUT2D eigenvalue weighted by Gasteiger charge is 2.68. The molecule has 0 bridgehead atoms. The summed E-state index contributed by atoms with van der Waals surface area (Å²) in [5, 5.41) is 0. The number of amides is 1. The van der Waals surface area contributed by atoms with Crippen LogP contribution in [0.4, 0.5) is 5.69 Å². The molecule has 2 N–H and O–H groups in total. The number of nitrogen functional groups attached to an aromatic ring is 1. The number of nitrogens with two attached hydrogens (primary N) is 1. The summed E-state index contributed by atoms with van der Waals surface area (Å²) in [6.07, 6.45) is 0. The number of hydrogen-bond donors (Lipinski definition) is 1. The van der Waals surface area contributed by atoms with Gasteiger partial charge in [0, 0.05) is 18.7 Å². The minimum absolute atomic E-state index is 0.0400. The highest BCUT2D eigenvalue weighted by molar-refractivity contribution is 5.84. The number of anilines is 1. The van der Waals surface area contributed by atoms with E-state index in [-0.39, 0.29) is 28.7 Å². The maximum absolute atomic E-state index is 12.7. The summed E-state index contributed by atoms with van der Waals surface area (Å²) in [6, 6.07) is 7.81. The lowest BCUT2D eigenvalue weighted by atomic mass is 10.0. The lowest BCUT2D eigenvalue weighted by Gasteiger charge is -2.26. The Morgan fingerprint density at radius 1 is 1.25 bits per heavy atom. The molecule has 1 fully saturated rings. The zero-order valence-corrected chi connectivity index (χ0v) is 13.4. The Labute approximate surface area is 122 Å². The lowest BCUT2D eigenvalue weighted by molar-refractivity contribution is -0.134. The first-order valence-corrected chi connectivity index (χ1v) is 7.23. The van der Waals surface area contributed by atoms with Crippen LogP contribution < -0.4 is 5.73 Å². The second kappa shape index (κ2) is 4.51. The largest absolute Gasteiger partial charge is 0.399 e. The van der Waals surface area contributed by atoms with Crippen molar-refractivity contribution in [2.24, 2.45) is 16.7 Å². The fraction of sp³-hybridized carbons (Fsp3) is 0.588. The summed E-state index contributed by atoms with van der Waals surface area (Å²) in [5.41, 5.74) is 7.80. The number of carbonyl (C=O) groups excluding carboxylic acids is 1. The van der Waals surface area contributed by atoms with Gasteiger partial charge in [0.15, 0.2) is 0 Å². The smallest absolute Gasteiger partial charge is 0.227 e. The van der Waals surface area contributed by atoms with Crippen LogP contribution in [0, 0.1) is 16.7 Å². The first-order valence-electron chi connectivity index (χ1n) is 7.23. The zero-order chi connectivity index (χ0) is 15.3. The number of rotatable bonds is 3. The monoisotopic (exact) mass is 274 g/mol. The summed E-state index contributed by atoms with van der Waals surface area (Å²) >= 11 is 0.